The van der Waals surface area contributed by atoms with E-state index in [1.165, 1.54) is 0 Å². The molecule has 2 aliphatic rings. The number of carbonyl (C=O) groups excluding carboxylic acids is 1. The van der Waals surface area contributed by atoms with Crippen LogP contribution < -0.4 is 5.32 Å². The van der Waals surface area contributed by atoms with Gasteiger partial charge in [0.05, 0.1) is 26.6 Å². The van der Waals surface area contributed by atoms with Crippen LogP contribution in [-0.4, -0.2) is 48.0 Å². The summed E-state index contributed by atoms with van der Waals surface area (Å²) in [6, 6.07) is 0. The maximum absolute atomic E-state index is 11.3. The van der Waals surface area contributed by atoms with Crippen molar-refractivity contribution in [2.75, 3.05) is 26.7 Å². The molecule has 0 bridgehead atoms. The largest absolute Gasteiger partial charge is 0.355 e. The van der Waals surface area contributed by atoms with Crippen LogP contribution in [0.5, 0.6) is 0 Å². The first kappa shape index (κ1) is 6.64. The van der Waals surface area contributed by atoms with Crippen LogP contribution in [0.25, 0.3) is 0 Å². The van der Waals surface area contributed by atoms with Crippen molar-refractivity contribution in [2.45, 2.75) is 6.42 Å². The zero-order chi connectivity index (χ0) is 7.84. The highest BCUT2D eigenvalue weighted by molar-refractivity contribution is 5.97. The molecule has 1 amide bonds. The lowest BCUT2D eigenvalue weighted by molar-refractivity contribution is -0.505. The van der Waals surface area contributed by atoms with Gasteiger partial charge in [-0.1, -0.05) is 0 Å². The normalized spacial score (nSPS) is 23.7. The van der Waals surface area contributed by atoms with Gasteiger partial charge in [-0.2, -0.15) is 4.90 Å². The summed E-state index contributed by atoms with van der Waals surface area (Å²) in [7, 11) is 2.01. The van der Waals surface area contributed by atoms with Gasteiger partial charge in [0, 0.05) is 0 Å². The summed E-state index contributed by atoms with van der Waals surface area (Å²) in [5.74, 6) is 1.24. The van der Waals surface area contributed by atoms with Crippen molar-refractivity contribution in [2.24, 2.45) is 0 Å². The summed E-state index contributed by atoms with van der Waals surface area (Å²) >= 11 is 0. The van der Waals surface area contributed by atoms with Crippen molar-refractivity contribution in [1.29, 1.82) is 0 Å². The number of hydrogen-bond donors (Lipinski definition) is 1. The first-order valence-electron chi connectivity index (χ1n) is 3.91. The zero-order valence-electron chi connectivity index (χ0n) is 6.63. The van der Waals surface area contributed by atoms with Gasteiger partial charge in [-0.05, 0) is 0 Å². The van der Waals surface area contributed by atoms with Crippen LogP contribution in [0.2, 0.25) is 0 Å². The molecule has 11 heavy (non-hydrogen) atoms. The zero-order valence-corrected chi connectivity index (χ0v) is 6.63. The second-order valence-corrected chi connectivity index (χ2v) is 2.97. The Morgan fingerprint density at radius 2 is 2.45 bits per heavy atom. The van der Waals surface area contributed by atoms with Crippen LogP contribution in [-0.2, 0) is 4.79 Å². The molecule has 0 spiro atoms. The van der Waals surface area contributed by atoms with Crippen molar-refractivity contribution in [3.8, 4) is 0 Å². The fourth-order valence-electron chi connectivity index (χ4n) is 1.57. The van der Waals surface area contributed by atoms with Gasteiger partial charge in [-0.25, -0.2) is 0 Å². The number of nitrogens with zero attached hydrogens (tertiary/aromatic N) is 2. The number of amides is 1. The van der Waals surface area contributed by atoms with Gasteiger partial charge < -0.3 is 0 Å². The van der Waals surface area contributed by atoms with E-state index < -0.39 is 0 Å². The topological polar surface area (TPSA) is 35.4 Å². The molecule has 0 unspecified atom stereocenters. The minimum absolute atomic E-state index is 0.253. The molecule has 0 aromatic carbocycles. The Kier molecular flexibility index (Phi) is 1.34. The fraction of sp³-hybridized carbons (Fsp3) is 0.714. The predicted molar refractivity (Wildman–Crippen MR) is 40.4 cm³/mol. The van der Waals surface area contributed by atoms with E-state index in [9.17, 15) is 4.79 Å². The van der Waals surface area contributed by atoms with E-state index in [4.69, 9.17) is 0 Å². The maximum atomic E-state index is 11.3. The molecular formula is C7H12N3O+. The molecule has 0 atom stereocenters. The Bertz CT molecular complexity index is 234. The van der Waals surface area contributed by atoms with E-state index >= 15 is 0 Å². The Balaban J connectivity index is 2.34. The highest BCUT2D eigenvalue weighted by Crippen LogP contribution is 2.05. The lowest BCUT2D eigenvalue weighted by Gasteiger charge is -2.17. The van der Waals surface area contributed by atoms with Crippen LogP contribution in [0.3, 0.4) is 0 Å². The molecule has 4 nitrogen and oxygen atoms in total. The van der Waals surface area contributed by atoms with E-state index in [0.717, 1.165) is 25.6 Å². The molecule has 1 N–H and O–H groups in total. The van der Waals surface area contributed by atoms with Gasteiger partial charge in [0.2, 0.25) is 0 Å². The monoisotopic (exact) mass is 154 g/mol. The van der Waals surface area contributed by atoms with Gasteiger partial charge in [0.25, 0.3) is 5.91 Å². The van der Waals surface area contributed by atoms with E-state index in [1.807, 2.05) is 11.9 Å². The van der Waals surface area contributed by atoms with Gasteiger partial charge in [-0.3, -0.25) is 14.7 Å². The first-order valence-corrected chi connectivity index (χ1v) is 3.91. The van der Waals surface area contributed by atoms with E-state index in [0.29, 0.717) is 6.42 Å². The number of rotatable bonds is 0. The van der Waals surface area contributed by atoms with E-state index in [1.54, 1.807) is 0 Å². The molecule has 60 valence electrons. The molecule has 2 rings (SSSR count). The molecule has 0 aromatic heterocycles. The Morgan fingerprint density at radius 3 is 3.18 bits per heavy atom. The number of guanidine groups is 1. The standard InChI is InChI=1S/C7H11N3O/c1-9-4-2-6(11)10-5-3-8-7(9)10/h2-5H2,1H3/p+1. The fourth-order valence-corrected chi connectivity index (χ4v) is 1.57. The highest BCUT2D eigenvalue weighted by atomic mass is 16.2. The molecular weight excluding hydrogens is 142 g/mol. The summed E-state index contributed by atoms with van der Waals surface area (Å²) in [5.41, 5.74) is 0. The van der Waals surface area contributed by atoms with Crippen molar-refractivity contribution in [3.63, 3.8) is 0 Å². The maximum Gasteiger partial charge on any atom is 0.355 e. The third kappa shape index (κ3) is 0.895. The third-order valence-electron chi connectivity index (χ3n) is 2.20. The Labute approximate surface area is 65.5 Å². The summed E-state index contributed by atoms with van der Waals surface area (Å²) in [6.45, 7) is 2.57. The number of nitrogens with one attached hydrogen (secondary N) is 1. The van der Waals surface area contributed by atoms with Gasteiger partial charge in [-0.15, -0.1) is 0 Å². The number of hydrogen-bond acceptors (Lipinski definition) is 2. The summed E-state index contributed by atoms with van der Waals surface area (Å²) in [5, 5.41) is 3.19. The van der Waals surface area contributed by atoms with Crippen molar-refractivity contribution in [3.05, 3.63) is 0 Å². The first-order chi connectivity index (χ1) is 5.29. The minimum Gasteiger partial charge on any atom is -0.274 e. The molecule has 0 saturated carbocycles. The van der Waals surface area contributed by atoms with E-state index in [-0.39, 0.29) is 5.91 Å². The van der Waals surface area contributed by atoms with Crippen LogP contribution in [0.4, 0.5) is 0 Å². The molecule has 2 aliphatic heterocycles. The lowest BCUT2D eigenvalue weighted by Crippen LogP contribution is -2.46. The Morgan fingerprint density at radius 1 is 1.64 bits per heavy atom. The molecule has 0 radical (unpaired) electrons. The minimum atomic E-state index is 0.253. The summed E-state index contributed by atoms with van der Waals surface area (Å²) < 4.78 is 2.09. The van der Waals surface area contributed by atoms with Crippen molar-refractivity contribution in [1.82, 2.24) is 10.2 Å². The van der Waals surface area contributed by atoms with Crippen molar-refractivity contribution >= 4 is 11.9 Å². The van der Waals surface area contributed by atoms with Crippen molar-refractivity contribution < 1.29 is 9.37 Å². The average molecular weight is 154 g/mol. The third-order valence-corrected chi connectivity index (χ3v) is 2.20. The van der Waals surface area contributed by atoms with E-state index in [2.05, 4.69) is 9.89 Å². The van der Waals surface area contributed by atoms with Crippen LogP contribution in [0, 0.1) is 0 Å². The molecule has 1 saturated heterocycles. The average Bonchev–Trinajstić information content (AvgIpc) is 2.45. The molecule has 1 fully saturated rings. The van der Waals surface area contributed by atoms with Crippen LogP contribution in [0.1, 0.15) is 6.42 Å². The number of fused-ring (bicyclic) bond motifs is 1. The quantitative estimate of drug-likeness (QED) is 0.446. The summed E-state index contributed by atoms with van der Waals surface area (Å²) in [6.07, 6.45) is 0.654. The molecule has 0 aliphatic carbocycles. The van der Waals surface area contributed by atoms with Gasteiger partial charge in [0.1, 0.15) is 6.54 Å². The van der Waals surface area contributed by atoms with Crippen LogP contribution in [0.15, 0.2) is 0 Å². The summed E-state index contributed by atoms with van der Waals surface area (Å²) in [4.78, 5) is 13.1. The Hall–Kier alpha value is -1.06. The number of carbonyl (C=O) groups is 1. The molecule has 2 heterocycles. The smallest absolute Gasteiger partial charge is 0.274 e. The second kappa shape index (κ2) is 2.22. The lowest BCUT2D eigenvalue weighted by atomic mass is 10.3. The second-order valence-electron chi connectivity index (χ2n) is 2.97. The predicted octanol–water partition coefficient (Wildman–Crippen LogP) is -1.18. The molecule has 0 aromatic rings. The van der Waals surface area contributed by atoms with Gasteiger partial charge in [0.15, 0.2) is 0 Å². The van der Waals surface area contributed by atoms with Gasteiger partial charge >= 0.3 is 5.96 Å². The SMILES string of the molecule is C[N+]1=C2NCCN2C(=O)CC1. The highest BCUT2D eigenvalue weighted by Gasteiger charge is 2.36. The van der Waals surface area contributed by atoms with Crippen LogP contribution >= 0.6 is 0 Å². The molecule has 4 heteroatoms.